The third kappa shape index (κ3) is 2.67. The van der Waals surface area contributed by atoms with Crippen molar-refractivity contribution in [3.63, 3.8) is 0 Å². The highest BCUT2D eigenvalue weighted by molar-refractivity contribution is 7.89. The van der Waals surface area contributed by atoms with Crippen LogP contribution in [0.5, 0.6) is 0 Å². The maximum Gasteiger partial charge on any atom is 0.323 e. The van der Waals surface area contributed by atoms with Gasteiger partial charge in [-0.1, -0.05) is 29.3 Å². The standard InChI is InChI=1S/C13H12Cl2N4O4S/c1-7-16-17-11-6-19(10(13(20)21)5-18(7)11)24(22,23)12-8(14)3-2-4-9(12)15/h2-4,10H,5-6H2,1H3,(H,20,21). The number of sulfonamides is 1. The van der Waals surface area contributed by atoms with Gasteiger partial charge >= 0.3 is 5.97 Å². The molecule has 24 heavy (non-hydrogen) atoms. The van der Waals surface area contributed by atoms with Gasteiger partial charge in [0.15, 0.2) is 0 Å². The van der Waals surface area contributed by atoms with Gasteiger partial charge in [0, 0.05) is 0 Å². The van der Waals surface area contributed by atoms with E-state index in [1.54, 1.807) is 11.5 Å². The molecule has 0 bridgehead atoms. The summed E-state index contributed by atoms with van der Waals surface area (Å²) in [6.07, 6.45) is 0. The molecule has 1 aromatic heterocycles. The minimum absolute atomic E-state index is 0.0742. The van der Waals surface area contributed by atoms with Gasteiger partial charge in [-0.15, -0.1) is 10.2 Å². The highest BCUT2D eigenvalue weighted by Crippen LogP contribution is 2.34. The summed E-state index contributed by atoms with van der Waals surface area (Å²) in [5, 5.41) is 17.1. The molecule has 1 N–H and O–H groups in total. The fourth-order valence-electron chi connectivity index (χ4n) is 2.59. The van der Waals surface area contributed by atoms with Gasteiger partial charge in [0.25, 0.3) is 0 Å². The molecule has 1 aliphatic rings. The number of rotatable bonds is 3. The number of hydrogen-bond donors (Lipinski definition) is 1. The molecule has 1 atom stereocenters. The summed E-state index contributed by atoms with van der Waals surface area (Å²) in [7, 11) is -4.24. The Balaban J connectivity index is 2.14. The zero-order valence-corrected chi connectivity index (χ0v) is 14.7. The number of hydrogen-bond acceptors (Lipinski definition) is 5. The number of aryl methyl sites for hydroxylation is 1. The van der Waals surface area contributed by atoms with Crippen molar-refractivity contribution in [1.82, 2.24) is 19.1 Å². The lowest BCUT2D eigenvalue weighted by Crippen LogP contribution is -2.50. The minimum atomic E-state index is -4.24. The van der Waals surface area contributed by atoms with E-state index in [0.717, 1.165) is 4.31 Å². The van der Waals surface area contributed by atoms with E-state index in [2.05, 4.69) is 10.2 Å². The van der Waals surface area contributed by atoms with E-state index >= 15 is 0 Å². The van der Waals surface area contributed by atoms with Crippen LogP contribution >= 0.6 is 23.2 Å². The van der Waals surface area contributed by atoms with Gasteiger partial charge in [0.05, 0.1) is 23.1 Å². The van der Waals surface area contributed by atoms with Crippen molar-refractivity contribution in [2.75, 3.05) is 0 Å². The molecule has 0 amide bonds. The third-order valence-corrected chi connectivity index (χ3v) is 6.59. The first-order valence-corrected chi connectivity index (χ1v) is 9.00. The maximum atomic E-state index is 13.0. The summed E-state index contributed by atoms with van der Waals surface area (Å²) in [6, 6.07) is 2.96. The molecule has 0 fully saturated rings. The predicted molar refractivity (Wildman–Crippen MR) is 85.4 cm³/mol. The van der Waals surface area contributed by atoms with Gasteiger partial charge in [-0.2, -0.15) is 4.31 Å². The summed E-state index contributed by atoms with van der Waals surface area (Å²) in [5.74, 6) is -0.402. The average molecular weight is 391 g/mol. The smallest absolute Gasteiger partial charge is 0.323 e. The number of aliphatic carboxylic acids is 1. The molecule has 0 spiro atoms. The fraction of sp³-hybridized carbons (Fsp3) is 0.308. The second-order valence-electron chi connectivity index (χ2n) is 5.23. The molecule has 0 saturated heterocycles. The second-order valence-corrected chi connectivity index (χ2v) is 7.87. The van der Waals surface area contributed by atoms with Crippen molar-refractivity contribution >= 4 is 39.2 Å². The summed E-state index contributed by atoms with van der Waals surface area (Å²) in [5.41, 5.74) is 0. The number of fused-ring (bicyclic) bond motifs is 1. The molecule has 3 rings (SSSR count). The molecular formula is C13H12Cl2N4O4S. The van der Waals surface area contributed by atoms with Crippen LogP contribution in [0.25, 0.3) is 0 Å². The third-order valence-electron chi connectivity index (χ3n) is 3.78. The predicted octanol–water partition coefficient (Wildman–Crippen LogP) is 1.55. The lowest BCUT2D eigenvalue weighted by Gasteiger charge is -2.32. The van der Waals surface area contributed by atoms with Gasteiger partial charge in [-0.05, 0) is 19.1 Å². The van der Waals surface area contributed by atoms with E-state index in [1.807, 2.05) is 0 Å². The number of aromatic nitrogens is 3. The molecule has 1 aliphatic heterocycles. The molecule has 0 saturated carbocycles. The zero-order chi connectivity index (χ0) is 17.6. The molecule has 2 heterocycles. The van der Waals surface area contributed by atoms with Crippen molar-refractivity contribution in [3.8, 4) is 0 Å². The van der Waals surface area contributed by atoms with Crippen LogP contribution in [-0.4, -0.2) is 44.6 Å². The zero-order valence-electron chi connectivity index (χ0n) is 12.3. The van der Waals surface area contributed by atoms with Gasteiger partial charge < -0.3 is 9.67 Å². The molecule has 2 aromatic rings. The van der Waals surface area contributed by atoms with Gasteiger partial charge in [-0.3, -0.25) is 4.79 Å². The van der Waals surface area contributed by atoms with E-state index in [-0.39, 0.29) is 28.0 Å². The Morgan fingerprint density at radius 3 is 2.50 bits per heavy atom. The van der Waals surface area contributed by atoms with E-state index in [1.165, 1.54) is 18.2 Å². The van der Waals surface area contributed by atoms with E-state index in [4.69, 9.17) is 23.2 Å². The van der Waals surface area contributed by atoms with Crippen molar-refractivity contribution < 1.29 is 18.3 Å². The molecule has 1 aromatic carbocycles. The number of carboxylic acids is 1. The van der Waals surface area contributed by atoms with Crippen LogP contribution in [-0.2, 0) is 27.9 Å². The van der Waals surface area contributed by atoms with Crippen LogP contribution in [0.1, 0.15) is 11.6 Å². The summed E-state index contributed by atoms with van der Waals surface area (Å²) in [6.45, 7) is 1.34. The van der Waals surface area contributed by atoms with Crippen molar-refractivity contribution in [2.24, 2.45) is 0 Å². The molecule has 0 aliphatic carbocycles. The minimum Gasteiger partial charge on any atom is -0.480 e. The molecule has 128 valence electrons. The molecule has 11 heteroatoms. The lowest BCUT2D eigenvalue weighted by atomic mass is 10.2. The Morgan fingerprint density at radius 1 is 1.29 bits per heavy atom. The summed E-state index contributed by atoms with van der Waals surface area (Å²) >= 11 is 12.0. The number of carbonyl (C=O) groups is 1. The molecular weight excluding hydrogens is 379 g/mol. The second kappa shape index (κ2) is 5.99. The molecule has 1 unspecified atom stereocenters. The first-order chi connectivity index (χ1) is 11.2. The maximum absolute atomic E-state index is 13.0. The Hall–Kier alpha value is -1.68. The lowest BCUT2D eigenvalue weighted by molar-refractivity contribution is -0.142. The SMILES string of the molecule is Cc1nnc2n1CC(C(=O)O)N(S(=O)(=O)c1c(Cl)cccc1Cl)C2. The highest BCUT2D eigenvalue weighted by Gasteiger charge is 2.42. The van der Waals surface area contributed by atoms with Gasteiger partial charge in [-0.25, -0.2) is 8.42 Å². The van der Waals surface area contributed by atoms with Crippen LogP contribution in [0.15, 0.2) is 23.1 Å². The van der Waals surface area contributed by atoms with E-state index in [9.17, 15) is 18.3 Å². The van der Waals surface area contributed by atoms with Crippen LogP contribution in [0, 0.1) is 6.92 Å². The highest BCUT2D eigenvalue weighted by atomic mass is 35.5. The first kappa shape index (κ1) is 17.2. The van der Waals surface area contributed by atoms with Crippen molar-refractivity contribution in [2.45, 2.75) is 31.0 Å². The Morgan fingerprint density at radius 2 is 1.92 bits per heavy atom. The summed E-state index contributed by atoms with van der Waals surface area (Å²) < 4.78 is 28.4. The molecule has 0 radical (unpaired) electrons. The topological polar surface area (TPSA) is 105 Å². The quantitative estimate of drug-likeness (QED) is 0.851. The van der Waals surface area contributed by atoms with E-state index < -0.39 is 22.0 Å². The first-order valence-electron chi connectivity index (χ1n) is 6.81. The largest absolute Gasteiger partial charge is 0.480 e. The normalized spacial score (nSPS) is 18.4. The number of benzene rings is 1. The summed E-state index contributed by atoms with van der Waals surface area (Å²) in [4.78, 5) is 11.3. The van der Waals surface area contributed by atoms with Crippen LogP contribution in [0.3, 0.4) is 0 Å². The molecule has 8 nitrogen and oxygen atoms in total. The van der Waals surface area contributed by atoms with Crippen molar-refractivity contribution in [3.05, 3.63) is 39.9 Å². The number of halogens is 2. The fourth-order valence-corrected chi connectivity index (χ4v) is 5.22. The monoisotopic (exact) mass is 390 g/mol. The van der Waals surface area contributed by atoms with Crippen LogP contribution in [0.2, 0.25) is 10.0 Å². The average Bonchev–Trinajstić information content (AvgIpc) is 2.86. The van der Waals surface area contributed by atoms with Crippen molar-refractivity contribution in [1.29, 1.82) is 0 Å². The number of nitrogens with zero attached hydrogens (tertiary/aromatic N) is 4. The Labute approximate surface area is 147 Å². The van der Waals surface area contributed by atoms with Crippen LogP contribution < -0.4 is 0 Å². The van der Waals surface area contributed by atoms with Crippen LogP contribution in [0.4, 0.5) is 0 Å². The number of carboxylic acid groups (broad SMARTS) is 1. The van der Waals surface area contributed by atoms with Gasteiger partial charge in [0.2, 0.25) is 10.0 Å². The Bertz CT molecular complexity index is 908. The van der Waals surface area contributed by atoms with E-state index in [0.29, 0.717) is 11.6 Å². The van der Waals surface area contributed by atoms with Gasteiger partial charge in [0.1, 0.15) is 22.6 Å². The Kier molecular flexibility index (Phi) is 4.28.